The number of aryl methyl sites for hydroxylation is 1. The Morgan fingerprint density at radius 1 is 1.36 bits per heavy atom. The van der Waals surface area contributed by atoms with E-state index in [4.69, 9.17) is 9.26 Å². The first-order chi connectivity index (χ1) is 11.9. The quantitative estimate of drug-likeness (QED) is 0.898. The van der Waals surface area contributed by atoms with Crippen LogP contribution in [0.1, 0.15) is 44.4 Å². The molecule has 0 spiro atoms. The van der Waals surface area contributed by atoms with Crippen molar-refractivity contribution in [2.45, 2.75) is 45.2 Å². The van der Waals surface area contributed by atoms with Gasteiger partial charge in [-0.2, -0.15) is 4.98 Å². The fraction of sp³-hybridized carbons (Fsp3) is 0.500. The highest BCUT2D eigenvalue weighted by Gasteiger charge is 2.40. The standard InChI is InChI=1S/C18H24N4O3/c1-12-19-16(25-21-12)15-6-5-11-22(15)17(23)18(2,3)20-13-7-9-14(24-4)10-8-13/h7-10,15,20H,5-6,11H2,1-4H3. The van der Waals surface area contributed by atoms with Crippen LogP contribution in [0.4, 0.5) is 5.69 Å². The molecule has 1 aromatic carbocycles. The molecule has 2 heterocycles. The Bertz CT molecular complexity index is 739. The lowest BCUT2D eigenvalue weighted by Gasteiger charge is -2.33. The molecule has 3 rings (SSSR count). The maximum absolute atomic E-state index is 13.1. The molecule has 1 fully saturated rings. The van der Waals surface area contributed by atoms with Crippen molar-refractivity contribution in [3.05, 3.63) is 36.0 Å². The second-order valence-electron chi connectivity index (χ2n) is 6.81. The maximum Gasteiger partial charge on any atom is 0.249 e. The molecule has 1 unspecified atom stereocenters. The van der Waals surface area contributed by atoms with E-state index in [1.165, 1.54) is 0 Å². The van der Waals surface area contributed by atoms with Crippen LogP contribution in [0.5, 0.6) is 5.75 Å². The maximum atomic E-state index is 13.1. The first-order valence-corrected chi connectivity index (χ1v) is 8.44. The average molecular weight is 344 g/mol. The first kappa shape index (κ1) is 17.3. The number of likely N-dealkylation sites (tertiary alicyclic amines) is 1. The normalized spacial score (nSPS) is 17.6. The first-order valence-electron chi connectivity index (χ1n) is 8.44. The van der Waals surface area contributed by atoms with Crippen molar-refractivity contribution in [1.29, 1.82) is 0 Å². The van der Waals surface area contributed by atoms with Gasteiger partial charge in [0.25, 0.3) is 0 Å². The number of anilines is 1. The molecule has 0 radical (unpaired) electrons. The molecular formula is C18H24N4O3. The highest BCUT2D eigenvalue weighted by atomic mass is 16.5. The number of aromatic nitrogens is 2. The molecule has 1 saturated heterocycles. The van der Waals surface area contributed by atoms with Gasteiger partial charge in [-0.15, -0.1) is 0 Å². The Kier molecular flexibility index (Phi) is 4.65. The summed E-state index contributed by atoms with van der Waals surface area (Å²) < 4.78 is 10.5. The molecule has 25 heavy (non-hydrogen) atoms. The number of carbonyl (C=O) groups excluding carboxylic acids is 1. The van der Waals surface area contributed by atoms with Gasteiger partial charge in [0.15, 0.2) is 5.82 Å². The molecule has 1 atom stereocenters. The fourth-order valence-corrected chi connectivity index (χ4v) is 3.16. The lowest BCUT2D eigenvalue weighted by molar-refractivity contribution is -0.136. The Morgan fingerprint density at radius 2 is 2.08 bits per heavy atom. The zero-order valence-corrected chi connectivity index (χ0v) is 15.1. The van der Waals surface area contributed by atoms with Gasteiger partial charge in [0.05, 0.1) is 7.11 Å². The Hall–Kier alpha value is -2.57. The third-order valence-corrected chi connectivity index (χ3v) is 4.42. The highest BCUT2D eigenvalue weighted by molar-refractivity contribution is 5.89. The summed E-state index contributed by atoms with van der Waals surface area (Å²) in [7, 11) is 1.63. The zero-order valence-electron chi connectivity index (χ0n) is 15.1. The molecule has 0 aliphatic carbocycles. The number of nitrogens with one attached hydrogen (secondary N) is 1. The molecule has 1 aliphatic rings. The van der Waals surface area contributed by atoms with E-state index >= 15 is 0 Å². The van der Waals surface area contributed by atoms with Crippen molar-refractivity contribution in [2.75, 3.05) is 19.0 Å². The van der Waals surface area contributed by atoms with E-state index in [9.17, 15) is 4.79 Å². The van der Waals surface area contributed by atoms with Gasteiger partial charge in [-0.25, -0.2) is 0 Å². The summed E-state index contributed by atoms with van der Waals surface area (Å²) in [6.45, 7) is 6.24. The van der Waals surface area contributed by atoms with Crippen LogP contribution in [-0.2, 0) is 4.79 Å². The molecule has 7 heteroatoms. The Labute approximate surface area is 147 Å². The molecule has 1 amide bonds. The summed E-state index contributed by atoms with van der Waals surface area (Å²) in [5.41, 5.74) is 0.107. The smallest absolute Gasteiger partial charge is 0.249 e. The number of carbonyl (C=O) groups is 1. The summed E-state index contributed by atoms with van der Waals surface area (Å²) in [4.78, 5) is 19.3. The molecule has 1 N–H and O–H groups in total. The second-order valence-corrected chi connectivity index (χ2v) is 6.81. The highest BCUT2D eigenvalue weighted by Crippen LogP contribution is 2.33. The van der Waals surface area contributed by atoms with Gasteiger partial charge >= 0.3 is 0 Å². The predicted molar refractivity (Wildman–Crippen MR) is 93.4 cm³/mol. The van der Waals surface area contributed by atoms with Gasteiger partial charge in [0, 0.05) is 12.2 Å². The largest absolute Gasteiger partial charge is 0.497 e. The van der Waals surface area contributed by atoms with Crippen molar-refractivity contribution < 1.29 is 14.1 Å². The van der Waals surface area contributed by atoms with Gasteiger partial charge in [-0.1, -0.05) is 5.16 Å². The number of hydrogen-bond donors (Lipinski definition) is 1. The van der Waals surface area contributed by atoms with Crippen molar-refractivity contribution in [1.82, 2.24) is 15.0 Å². The number of methoxy groups -OCH3 is 1. The van der Waals surface area contributed by atoms with Crippen molar-refractivity contribution in [2.24, 2.45) is 0 Å². The minimum Gasteiger partial charge on any atom is -0.497 e. The van der Waals surface area contributed by atoms with Crippen LogP contribution < -0.4 is 10.1 Å². The van der Waals surface area contributed by atoms with Gasteiger partial charge in [0.1, 0.15) is 17.3 Å². The predicted octanol–water partition coefficient (Wildman–Crippen LogP) is 2.94. The van der Waals surface area contributed by atoms with Crippen LogP contribution in [0, 0.1) is 6.92 Å². The van der Waals surface area contributed by atoms with Crippen LogP contribution >= 0.6 is 0 Å². The molecule has 7 nitrogen and oxygen atoms in total. The Balaban J connectivity index is 1.75. The van der Waals surface area contributed by atoms with E-state index in [1.54, 1.807) is 14.0 Å². The van der Waals surface area contributed by atoms with Gasteiger partial charge in [-0.3, -0.25) is 4.79 Å². The summed E-state index contributed by atoms with van der Waals surface area (Å²) >= 11 is 0. The van der Waals surface area contributed by atoms with Crippen molar-refractivity contribution >= 4 is 11.6 Å². The second kappa shape index (κ2) is 6.74. The van der Waals surface area contributed by atoms with E-state index < -0.39 is 5.54 Å². The van der Waals surface area contributed by atoms with E-state index in [-0.39, 0.29) is 11.9 Å². The molecule has 1 aliphatic heterocycles. The number of ether oxygens (including phenoxy) is 1. The number of benzene rings is 1. The zero-order chi connectivity index (χ0) is 18.0. The van der Waals surface area contributed by atoms with Gasteiger partial charge in [0.2, 0.25) is 11.8 Å². The van der Waals surface area contributed by atoms with Crippen LogP contribution in [0.15, 0.2) is 28.8 Å². The topological polar surface area (TPSA) is 80.5 Å². The van der Waals surface area contributed by atoms with E-state index in [1.807, 2.05) is 43.0 Å². The number of hydrogen-bond acceptors (Lipinski definition) is 6. The van der Waals surface area contributed by atoms with Crippen molar-refractivity contribution in [3.63, 3.8) is 0 Å². The number of amides is 1. The average Bonchev–Trinajstić information content (AvgIpc) is 3.23. The van der Waals surface area contributed by atoms with Gasteiger partial charge < -0.3 is 19.5 Å². The molecule has 0 saturated carbocycles. The third-order valence-electron chi connectivity index (χ3n) is 4.42. The van der Waals surface area contributed by atoms with E-state index in [0.717, 1.165) is 24.3 Å². The van der Waals surface area contributed by atoms with Crippen LogP contribution in [-0.4, -0.2) is 40.1 Å². The van der Waals surface area contributed by atoms with E-state index in [0.29, 0.717) is 18.3 Å². The lowest BCUT2D eigenvalue weighted by atomic mass is 10.0. The molecule has 1 aromatic heterocycles. The van der Waals surface area contributed by atoms with E-state index in [2.05, 4.69) is 15.5 Å². The monoisotopic (exact) mass is 344 g/mol. The minimum atomic E-state index is -0.758. The third kappa shape index (κ3) is 3.60. The molecule has 0 bridgehead atoms. The molecule has 134 valence electrons. The summed E-state index contributed by atoms with van der Waals surface area (Å²) in [5.74, 6) is 1.90. The van der Waals surface area contributed by atoms with Gasteiger partial charge in [-0.05, 0) is 57.9 Å². The number of nitrogens with zero attached hydrogens (tertiary/aromatic N) is 3. The fourth-order valence-electron chi connectivity index (χ4n) is 3.16. The van der Waals surface area contributed by atoms with Crippen LogP contribution in [0.25, 0.3) is 0 Å². The van der Waals surface area contributed by atoms with Crippen molar-refractivity contribution in [3.8, 4) is 5.75 Å². The Morgan fingerprint density at radius 3 is 2.68 bits per heavy atom. The summed E-state index contributed by atoms with van der Waals surface area (Å²) in [6, 6.07) is 7.38. The lowest BCUT2D eigenvalue weighted by Crippen LogP contribution is -2.49. The number of rotatable bonds is 5. The van der Waals surface area contributed by atoms with Crippen LogP contribution in [0.3, 0.4) is 0 Å². The molecule has 2 aromatic rings. The van der Waals surface area contributed by atoms with Crippen LogP contribution in [0.2, 0.25) is 0 Å². The summed E-state index contributed by atoms with van der Waals surface area (Å²) in [5, 5.41) is 7.16. The minimum absolute atomic E-state index is 0.0154. The SMILES string of the molecule is COc1ccc(NC(C)(C)C(=O)N2CCCC2c2nc(C)no2)cc1. The summed E-state index contributed by atoms with van der Waals surface area (Å²) in [6.07, 6.45) is 1.77. The molecular weight excluding hydrogens is 320 g/mol.